The van der Waals surface area contributed by atoms with Crippen molar-refractivity contribution in [2.24, 2.45) is 11.8 Å². The van der Waals surface area contributed by atoms with Crippen LogP contribution in [-0.2, 0) is 0 Å². The number of ether oxygens (including phenoxy) is 1. The highest BCUT2D eigenvalue weighted by molar-refractivity contribution is 7.15. The van der Waals surface area contributed by atoms with Crippen molar-refractivity contribution in [3.8, 4) is 16.3 Å². The fraction of sp³-hybridized carbons (Fsp3) is 0.375. The number of hydrogen-bond acceptors (Lipinski definition) is 5. The number of carbonyl (C=O) groups excluding carboxylic acids is 1. The average molecular weight is 456 g/mol. The Morgan fingerprint density at radius 1 is 1.22 bits per heavy atom. The summed E-state index contributed by atoms with van der Waals surface area (Å²) in [6.07, 6.45) is 3.97. The van der Waals surface area contributed by atoms with Crippen molar-refractivity contribution in [1.29, 1.82) is 0 Å². The van der Waals surface area contributed by atoms with Crippen LogP contribution in [0.15, 0.2) is 42.6 Å². The van der Waals surface area contributed by atoms with Gasteiger partial charge >= 0.3 is 0 Å². The minimum absolute atomic E-state index is 0.109. The van der Waals surface area contributed by atoms with E-state index in [0.29, 0.717) is 47.0 Å². The minimum atomic E-state index is -0.393. The smallest absolute Gasteiger partial charge is 0.274 e. The third kappa shape index (κ3) is 3.99. The zero-order valence-electron chi connectivity index (χ0n) is 17.6. The number of rotatable bonds is 5. The molecule has 0 radical (unpaired) electrons. The summed E-state index contributed by atoms with van der Waals surface area (Å²) in [6, 6.07) is 9.48. The predicted molar refractivity (Wildman–Crippen MR) is 118 cm³/mol. The number of nitrogens with zero attached hydrogens (tertiary/aromatic N) is 3. The second-order valence-corrected chi connectivity index (χ2v) is 9.66. The van der Waals surface area contributed by atoms with Crippen LogP contribution in [0.3, 0.4) is 0 Å². The number of carbonyl (C=O) groups is 1. The fourth-order valence-corrected chi connectivity index (χ4v) is 5.79. The molecule has 8 heteroatoms. The largest absolute Gasteiger partial charge is 0.477 e. The molecule has 3 fully saturated rings. The standard InChI is InChI=1S/C24H23F2N3O2S/c1-14-28-22(23(32-14)19-4-2-3-5-20(19)26)24(30)29-12-15-6-8-18(29)10-16(15)13-31-21-9-7-17(25)11-27-21/h2-5,7,9,11,15-16,18H,6,8,10,12-13H2,1H3. The zero-order chi connectivity index (χ0) is 22.2. The fourth-order valence-electron chi connectivity index (χ4n) is 4.86. The maximum absolute atomic E-state index is 14.4. The first-order chi connectivity index (χ1) is 15.5. The van der Waals surface area contributed by atoms with Crippen molar-refractivity contribution < 1.29 is 18.3 Å². The molecule has 2 aromatic heterocycles. The lowest BCUT2D eigenvalue weighted by atomic mass is 9.72. The SMILES string of the molecule is Cc1nc(C(=O)N2CC3CCC2CC3COc2ccc(F)cn2)c(-c2ccccc2F)s1. The lowest BCUT2D eigenvalue weighted by Crippen LogP contribution is -2.55. The van der Waals surface area contributed by atoms with E-state index in [0.717, 1.165) is 30.5 Å². The predicted octanol–water partition coefficient (Wildman–Crippen LogP) is 5.11. The van der Waals surface area contributed by atoms with Crippen LogP contribution >= 0.6 is 11.3 Å². The molecule has 5 nitrogen and oxygen atoms in total. The van der Waals surface area contributed by atoms with Gasteiger partial charge in [0.05, 0.1) is 22.7 Å². The van der Waals surface area contributed by atoms with Crippen LogP contribution in [-0.4, -0.2) is 40.0 Å². The normalized spacial score (nSPS) is 22.2. The van der Waals surface area contributed by atoms with E-state index in [-0.39, 0.29) is 17.8 Å². The topological polar surface area (TPSA) is 55.3 Å². The third-order valence-electron chi connectivity index (χ3n) is 6.45. The molecule has 3 aliphatic rings. The van der Waals surface area contributed by atoms with E-state index in [1.807, 2.05) is 11.8 Å². The number of aryl methyl sites for hydroxylation is 1. The van der Waals surface area contributed by atoms with Gasteiger partial charge in [-0.05, 0) is 50.2 Å². The van der Waals surface area contributed by atoms with Crippen molar-refractivity contribution in [2.75, 3.05) is 13.2 Å². The van der Waals surface area contributed by atoms with Crippen molar-refractivity contribution in [3.63, 3.8) is 0 Å². The van der Waals surface area contributed by atoms with Crippen LogP contribution in [0.4, 0.5) is 8.78 Å². The molecule has 32 heavy (non-hydrogen) atoms. The number of piperidine rings is 2. The average Bonchev–Trinajstić information content (AvgIpc) is 3.20. The highest BCUT2D eigenvalue weighted by atomic mass is 32.1. The number of amides is 1. The number of fused-ring (bicyclic) bond motifs is 3. The van der Waals surface area contributed by atoms with E-state index in [4.69, 9.17) is 4.74 Å². The Morgan fingerprint density at radius 3 is 2.78 bits per heavy atom. The summed E-state index contributed by atoms with van der Waals surface area (Å²) in [6.45, 7) is 2.98. The van der Waals surface area contributed by atoms with Crippen LogP contribution in [0.25, 0.3) is 10.4 Å². The van der Waals surface area contributed by atoms with Gasteiger partial charge in [-0.3, -0.25) is 4.79 Å². The highest BCUT2D eigenvalue weighted by Gasteiger charge is 2.43. The first-order valence-electron chi connectivity index (χ1n) is 10.8. The molecule has 1 aliphatic carbocycles. The molecule has 0 spiro atoms. The van der Waals surface area contributed by atoms with E-state index in [9.17, 15) is 13.6 Å². The van der Waals surface area contributed by atoms with Crippen LogP contribution in [0, 0.1) is 30.4 Å². The molecule has 2 bridgehead atoms. The Labute approximate surface area is 189 Å². The van der Waals surface area contributed by atoms with E-state index in [1.54, 1.807) is 18.2 Å². The van der Waals surface area contributed by atoms with Gasteiger partial charge in [-0.15, -0.1) is 11.3 Å². The van der Waals surface area contributed by atoms with Crippen LogP contribution in [0.2, 0.25) is 0 Å². The monoisotopic (exact) mass is 455 g/mol. The van der Waals surface area contributed by atoms with Gasteiger partial charge in [0.25, 0.3) is 5.91 Å². The van der Waals surface area contributed by atoms with E-state index in [2.05, 4.69) is 9.97 Å². The second kappa shape index (κ2) is 8.58. The van der Waals surface area contributed by atoms with Gasteiger partial charge in [-0.25, -0.2) is 18.7 Å². The van der Waals surface area contributed by atoms with Crippen LogP contribution in [0.1, 0.15) is 34.8 Å². The number of thiazole rings is 1. The summed E-state index contributed by atoms with van der Waals surface area (Å²) < 4.78 is 33.3. The second-order valence-electron chi connectivity index (χ2n) is 8.46. The summed E-state index contributed by atoms with van der Waals surface area (Å²) in [5.41, 5.74) is 0.759. The maximum Gasteiger partial charge on any atom is 0.274 e. The molecule has 2 saturated heterocycles. The molecule has 1 aromatic carbocycles. The van der Waals surface area contributed by atoms with E-state index < -0.39 is 5.82 Å². The molecule has 166 valence electrons. The van der Waals surface area contributed by atoms with Gasteiger partial charge in [-0.1, -0.05) is 18.2 Å². The molecule has 1 saturated carbocycles. The molecule has 3 atom stereocenters. The van der Waals surface area contributed by atoms with Crippen molar-refractivity contribution >= 4 is 17.2 Å². The Morgan fingerprint density at radius 2 is 2.06 bits per heavy atom. The van der Waals surface area contributed by atoms with Crippen molar-refractivity contribution in [3.05, 3.63) is 64.9 Å². The number of pyridine rings is 1. The summed E-state index contributed by atoms with van der Waals surface area (Å²) >= 11 is 1.35. The van der Waals surface area contributed by atoms with E-state index >= 15 is 0 Å². The first-order valence-corrected chi connectivity index (χ1v) is 11.6. The lowest BCUT2D eigenvalue weighted by Gasteiger charge is -2.49. The van der Waals surface area contributed by atoms with Gasteiger partial charge in [0.1, 0.15) is 17.3 Å². The van der Waals surface area contributed by atoms with E-state index in [1.165, 1.54) is 29.5 Å². The summed E-state index contributed by atoms with van der Waals surface area (Å²) in [4.78, 5) is 24.4. The molecular weight excluding hydrogens is 432 g/mol. The molecule has 3 unspecified atom stereocenters. The van der Waals surface area contributed by atoms with Gasteiger partial charge in [0.15, 0.2) is 0 Å². The number of benzene rings is 1. The summed E-state index contributed by atoms with van der Waals surface area (Å²) in [7, 11) is 0. The highest BCUT2D eigenvalue weighted by Crippen LogP contribution is 2.41. The summed E-state index contributed by atoms with van der Waals surface area (Å²) in [5.74, 6) is 0.177. The quantitative estimate of drug-likeness (QED) is 0.536. The van der Waals surface area contributed by atoms with Gasteiger partial charge in [-0.2, -0.15) is 0 Å². The lowest BCUT2D eigenvalue weighted by molar-refractivity contribution is -0.00499. The van der Waals surface area contributed by atoms with Crippen molar-refractivity contribution in [2.45, 2.75) is 32.2 Å². The van der Waals surface area contributed by atoms with Crippen LogP contribution in [0.5, 0.6) is 5.88 Å². The Hall–Kier alpha value is -2.87. The maximum atomic E-state index is 14.4. The first kappa shape index (κ1) is 21.0. The Bertz CT molecular complexity index is 1130. The minimum Gasteiger partial charge on any atom is -0.477 e. The number of aromatic nitrogens is 2. The van der Waals surface area contributed by atoms with Gasteiger partial charge < -0.3 is 9.64 Å². The van der Waals surface area contributed by atoms with Gasteiger partial charge in [0, 0.05) is 24.2 Å². The van der Waals surface area contributed by atoms with Crippen molar-refractivity contribution in [1.82, 2.24) is 14.9 Å². The molecule has 2 aliphatic heterocycles. The molecule has 1 amide bonds. The molecular formula is C24H23F2N3O2S. The summed E-state index contributed by atoms with van der Waals surface area (Å²) in [5, 5.41) is 0.742. The Balaban J connectivity index is 1.31. The third-order valence-corrected chi connectivity index (χ3v) is 7.45. The molecule has 6 rings (SSSR count). The molecule has 0 N–H and O–H groups in total. The zero-order valence-corrected chi connectivity index (χ0v) is 18.4. The molecule has 3 aromatic rings. The van der Waals surface area contributed by atoms with Gasteiger partial charge in [0.2, 0.25) is 5.88 Å². The molecule has 4 heterocycles. The number of hydrogen-bond donors (Lipinski definition) is 0. The Kier molecular flexibility index (Phi) is 5.63. The number of halogens is 2. The van der Waals surface area contributed by atoms with Crippen LogP contribution < -0.4 is 4.74 Å².